The predicted molar refractivity (Wildman–Crippen MR) is 76.3 cm³/mol. The summed E-state index contributed by atoms with van der Waals surface area (Å²) in [6, 6.07) is 6.81. The van der Waals surface area contributed by atoms with Crippen LogP contribution in [-0.2, 0) is 19.9 Å². The molecule has 0 saturated carbocycles. The highest BCUT2D eigenvalue weighted by atomic mass is 19.4. The molecule has 2 atom stereocenters. The smallest absolute Gasteiger partial charge is 0.432 e. The maximum absolute atomic E-state index is 13.6. The maximum Gasteiger partial charge on any atom is 0.432 e. The van der Waals surface area contributed by atoms with Crippen LogP contribution >= 0.6 is 0 Å². The number of methoxy groups -OCH3 is 1. The first-order valence-electron chi connectivity index (χ1n) is 7.18. The van der Waals surface area contributed by atoms with Crippen molar-refractivity contribution in [3.05, 3.63) is 35.9 Å². The molecule has 0 saturated heterocycles. The topological polar surface area (TPSA) is 35.5 Å². The van der Waals surface area contributed by atoms with Crippen molar-refractivity contribution < 1.29 is 27.4 Å². The lowest BCUT2D eigenvalue weighted by Crippen LogP contribution is -2.52. The fourth-order valence-electron chi connectivity index (χ4n) is 2.20. The summed E-state index contributed by atoms with van der Waals surface area (Å²) < 4.78 is 50.4. The molecule has 1 rings (SSSR count). The molecule has 0 amide bonds. The summed E-state index contributed by atoms with van der Waals surface area (Å²) in [6.45, 7) is 3.53. The van der Waals surface area contributed by atoms with Crippen molar-refractivity contribution in [3.63, 3.8) is 0 Å². The molecule has 124 valence electrons. The summed E-state index contributed by atoms with van der Waals surface area (Å²) in [6.07, 6.45) is -3.38. The molecule has 6 heteroatoms. The quantitative estimate of drug-likeness (QED) is 0.706. The largest absolute Gasteiger partial charge is 0.460 e. The molecule has 0 fully saturated rings. The Hall–Kier alpha value is -1.56. The zero-order chi connectivity index (χ0) is 16.8. The van der Waals surface area contributed by atoms with Crippen molar-refractivity contribution in [2.75, 3.05) is 7.11 Å². The number of ether oxygens (including phenoxy) is 2. The number of unbranched alkanes of at least 4 members (excludes halogenated alkanes) is 1. The summed E-state index contributed by atoms with van der Waals surface area (Å²) >= 11 is 0. The lowest BCUT2D eigenvalue weighted by atomic mass is 9.92. The fourth-order valence-corrected chi connectivity index (χ4v) is 2.20. The lowest BCUT2D eigenvalue weighted by molar-refractivity contribution is -0.278. The van der Waals surface area contributed by atoms with Crippen molar-refractivity contribution >= 4 is 5.97 Å². The van der Waals surface area contributed by atoms with Crippen LogP contribution in [0.4, 0.5) is 13.2 Å². The third-order valence-corrected chi connectivity index (χ3v) is 3.45. The van der Waals surface area contributed by atoms with Crippen molar-refractivity contribution in [3.8, 4) is 0 Å². The van der Waals surface area contributed by atoms with Gasteiger partial charge in [0.1, 0.15) is 0 Å². The highest BCUT2D eigenvalue weighted by molar-refractivity contribution is 5.82. The van der Waals surface area contributed by atoms with Gasteiger partial charge >= 0.3 is 12.1 Å². The molecule has 0 N–H and O–H groups in total. The molecule has 3 nitrogen and oxygen atoms in total. The van der Waals surface area contributed by atoms with E-state index in [4.69, 9.17) is 4.74 Å². The number of esters is 1. The maximum atomic E-state index is 13.6. The lowest BCUT2D eigenvalue weighted by Gasteiger charge is -2.33. The Balaban J connectivity index is 3.14. The number of benzene rings is 1. The summed E-state index contributed by atoms with van der Waals surface area (Å²) in [5.74, 6) is -1.43. The van der Waals surface area contributed by atoms with Gasteiger partial charge in [-0.15, -0.1) is 0 Å². The van der Waals surface area contributed by atoms with Crippen LogP contribution in [0.15, 0.2) is 30.3 Å². The van der Waals surface area contributed by atoms with Crippen LogP contribution < -0.4 is 0 Å². The normalized spacial score (nSPS) is 15.9. The zero-order valence-electron chi connectivity index (χ0n) is 12.9. The van der Waals surface area contributed by atoms with Gasteiger partial charge in [-0.2, -0.15) is 13.2 Å². The average Bonchev–Trinajstić information content (AvgIpc) is 2.46. The first-order chi connectivity index (χ1) is 10.3. The van der Waals surface area contributed by atoms with Gasteiger partial charge in [0, 0.05) is 12.7 Å². The molecule has 0 aliphatic rings. The minimum Gasteiger partial charge on any atom is -0.460 e. The van der Waals surface area contributed by atoms with Crippen molar-refractivity contribution in [2.45, 2.75) is 51.0 Å². The molecule has 1 aromatic rings. The molecule has 0 aliphatic carbocycles. The molecule has 0 aliphatic heterocycles. The van der Waals surface area contributed by atoms with E-state index in [9.17, 15) is 18.0 Å². The Labute approximate surface area is 128 Å². The number of hydrogen-bond acceptors (Lipinski definition) is 3. The standard InChI is InChI=1S/C16H21F3O3/c1-4-5-9-12(2)22-14(20)15(21-3,16(17,18)19)13-10-7-6-8-11-13/h6-8,10-12H,4-5,9H2,1-3H3/t12-,15-/m1/s1. The number of rotatable bonds is 7. The van der Waals surface area contributed by atoms with Crippen LogP contribution in [0.25, 0.3) is 0 Å². The van der Waals surface area contributed by atoms with E-state index in [0.717, 1.165) is 20.0 Å². The van der Waals surface area contributed by atoms with Crippen LogP contribution in [-0.4, -0.2) is 25.4 Å². The van der Waals surface area contributed by atoms with E-state index in [2.05, 4.69) is 4.74 Å². The second-order valence-electron chi connectivity index (χ2n) is 5.11. The Bertz CT molecular complexity index is 473. The van der Waals surface area contributed by atoms with Crippen LogP contribution in [0.1, 0.15) is 38.7 Å². The Morgan fingerprint density at radius 1 is 1.23 bits per heavy atom. The summed E-state index contributed by atoms with van der Waals surface area (Å²) in [5.41, 5.74) is -3.40. The second-order valence-corrected chi connectivity index (χ2v) is 5.11. The molecule has 0 heterocycles. The molecular weight excluding hydrogens is 297 g/mol. The molecule has 1 aromatic carbocycles. The van der Waals surface area contributed by atoms with Gasteiger partial charge in [-0.1, -0.05) is 50.1 Å². The van der Waals surface area contributed by atoms with Crippen LogP contribution in [0.2, 0.25) is 0 Å². The fraction of sp³-hybridized carbons (Fsp3) is 0.562. The van der Waals surface area contributed by atoms with E-state index in [1.54, 1.807) is 13.0 Å². The minimum atomic E-state index is -4.93. The van der Waals surface area contributed by atoms with E-state index in [1.165, 1.54) is 24.3 Å². The van der Waals surface area contributed by atoms with Crippen molar-refractivity contribution in [1.82, 2.24) is 0 Å². The summed E-state index contributed by atoms with van der Waals surface area (Å²) in [4.78, 5) is 12.2. The Morgan fingerprint density at radius 3 is 2.27 bits per heavy atom. The highest BCUT2D eigenvalue weighted by Crippen LogP contribution is 2.43. The number of carbonyl (C=O) groups is 1. The predicted octanol–water partition coefficient (Wildman–Crippen LogP) is 4.21. The van der Waals surface area contributed by atoms with E-state index >= 15 is 0 Å². The third-order valence-electron chi connectivity index (χ3n) is 3.45. The third kappa shape index (κ3) is 3.80. The number of hydrogen-bond donors (Lipinski definition) is 0. The first kappa shape index (κ1) is 18.5. The van der Waals surface area contributed by atoms with E-state index in [-0.39, 0.29) is 5.56 Å². The zero-order valence-corrected chi connectivity index (χ0v) is 12.9. The highest BCUT2D eigenvalue weighted by Gasteiger charge is 2.64. The Kier molecular flexibility index (Phi) is 6.41. The molecule has 0 unspecified atom stereocenters. The van der Waals surface area contributed by atoms with Crippen LogP contribution in [0.5, 0.6) is 0 Å². The number of carbonyl (C=O) groups excluding carboxylic acids is 1. The summed E-state index contributed by atoms with van der Waals surface area (Å²) in [7, 11) is 0.860. The second kappa shape index (κ2) is 7.63. The SMILES string of the molecule is CCCC[C@@H](C)OC(=O)[C@](OC)(c1ccccc1)C(F)(F)F. The van der Waals surface area contributed by atoms with Gasteiger partial charge in [-0.3, -0.25) is 0 Å². The molecule has 0 radical (unpaired) electrons. The van der Waals surface area contributed by atoms with Crippen molar-refractivity contribution in [2.24, 2.45) is 0 Å². The van der Waals surface area contributed by atoms with E-state index in [1.807, 2.05) is 6.92 Å². The Morgan fingerprint density at radius 2 is 1.82 bits per heavy atom. The van der Waals surface area contributed by atoms with Gasteiger partial charge in [0.15, 0.2) is 0 Å². The summed E-state index contributed by atoms with van der Waals surface area (Å²) in [5, 5.41) is 0. The van der Waals surface area contributed by atoms with E-state index in [0.29, 0.717) is 6.42 Å². The number of halogens is 3. The van der Waals surface area contributed by atoms with Gasteiger partial charge in [0.2, 0.25) is 0 Å². The molecule has 0 bridgehead atoms. The average molecular weight is 318 g/mol. The van der Waals surface area contributed by atoms with Gasteiger partial charge in [-0.05, 0) is 13.3 Å². The molecule has 0 spiro atoms. The van der Waals surface area contributed by atoms with Gasteiger partial charge < -0.3 is 9.47 Å². The molecular formula is C16H21F3O3. The van der Waals surface area contributed by atoms with Gasteiger partial charge in [-0.25, -0.2) is 4.79 Å². The van der Waals surface area contributed by atoms with Gasteiger partial charge in [0.25, 0.3) is 5.60 Å². The van der Waals surface area contributed by atoms with Crippen LogP contribution in [0, 0.1) is 0 Å². The first-order valence-corrected chi connectivity index (χ1v) is 7.18. The van der Waals surface area contributed by atoms with Gasteiger partial charge in [0.05, 0.1) is 6.10 Å². The van der Waals surface area contributed by atoms with E-state index < -0.39 is 23.9 Å². The minimum absolute atomic E-state index is 0.294. The number of alkyl halides is 3. The van der Waals surface area contributed by atoms with Crippen LogP contribution in [0.3, 0.4) is 0 Å². The molecule has 0 aromatic heterocycles. The molecule has 22 heavy (non-hydrogen) atoms. The monoisotopic (exact) mass is 318 g/mol. The van der Waals surface area contributed by atoms with Crippen molar-refractivity contribution in [1.29, 1.82) is 0 Å².